The predicted octanol–water partition coefficient (Wildman–Crippen LogP) is 0.962. The summed E-state index contributed by atoms with van der Waals surface area (Å²) in [4.78, 5) is 25.8. The summed E-state index contributed by atoms with van der Waals surface area (Å²) < 4.78 is 3.32. The first-order valence-corrected chi connectivity index (χ1v) is 10.3. The fourth-order valence-electron chi connectivity index (χ4n) is 3.80. The Labute approximate surface area is 176 Å². The van der Waals surface area contributed by atoms with Crippen molar-refractivity contribution in [3.63, 3.8) is 0 Å². The molecule has 1 saturated heterocycles. The smallest absolute Gasteiger partial charge is 0.266 e. The van der Waals surface area contributed by atoms with Crippen LogP contribution in [0, 0.1) is 20.8 Å². The average Bonchev–Trinajstić information content (AvgIpc) is 3.06. The molecule has 1 fully saturated rings. The standard InChI is InChI=1S/C21H28N8O/c1-16-12-18(3)29(24-16)20-4-5-21(30)28(25-20)11-10-26-6-8-27(9-7-26)15-19-14-22-13-17(2)23-19/h4-5,12-14H,6-11,15H2,1-3H3. The van der Waals surface area contributed by atoms with E-state index in [9.17, 15) is 4.79 Å². The highest BCUT2D eigenvalue weighted by atomic mass is 16.1. The van der Waals surface area contributed by atoms with Crippen LogP contribution in [0.3, 0.4) is 0 Å². The Hall–Kier alpha value is -2.91. The number of aromatic nitrogens is 6. The van der Waals surface area contributed by atoms with Gasteiger partial charge in [0.05, 0.1) is 23.6 Å². The molecule has 30 heavy (non-hydrogen) atoms. The summed E-state index contributed by atoms with van der Waals surface area (Å²) >= 11 is 0. The van der Waals surface area contributed by atoms with Gasteiger partial charge in [0.25, 0.3) is 5.56 Å². The van der Waals surface area contributed by atoms with Crippen molar-refractivity contribution >= 4 is 0 Å². The Balaban J connectivity index is 1.33. The molecule has 0 spiro atoms. The van der Waals surface area contributed by atoms with Gasteiger partial charge < -0.3 is 0 Å². The van der Waals surface area contributed by atoms with E-state index in [-0.39, 0.29) is 5.56 Å². The van der Waals surface area contributed by atoms with Crippen molar-refractivity contribution < 1.29 is 0 Å². The molecule has 9 nitrogen and oxygen atoms in total. The summed E-state index contributed by atoms with van der Waals surface area (Å²) in [5.41, 5.74) is 3.81. The van der Waals surface area contributed by atoms with Crippen LogP contribution in [0.2, 0.25) is 0 Å². The molecule has 0 amide bonds. The summed E-state index contributed by atoms with van der Waals surface area (Å²) in [6, 6.07) is 5.30. The zero-order chi connectivity index (χ0) is 21.1. The largest absolute Gasteiger partial charge is 0.299 e. The summed E-state index contributed by atoms with van der Waals surface area (Å²) in [6.07, 6.45) is 3.62. The van der Waals surface area contributed by atoms with Crippen molar-refractivity contribution in [1.82, 2.24) is 39.3 Å². The lowest BCUT2D eigenvalue weighted by Gasteiger charge is -2.34. The first-order chi connectivity index (χ1) is 14.5. The second kappa shape index (κ2) is 8.85. The first kappa shape index (κ1) is 20.4. The van der Waals surface area contributed by atoms with Gasteiger partial charge in [-0.3, -0.25) is 24.6 Å². The number of aryl methyl sites for hydroxylation is 3. The summed E-state index contributed by atoms with van der Waals surface area (Å²) in [6.45, 7) is 12.0. The SMILES string of the molecule is Cc1cncc(CN2CCN(CCn3nc(-n4nc(C)cc4C)ccc3=O)CC2)n1. The molecule has 158 valence electrons. The quantitative estimate of drug-likeness (QED) is 0.601. The van der Waals surface area contributed by atoms with Crippen LogP contribution in [0.15, 0.2) is 35.4 Å². The average molecular weight is 409 g/mol. The van der Waals surface area contributed by atoms with Gasteiger partial charge in [-0.2, -0.15) is 5.10 Å². The van der Waals surface area contributed by atoms with E-state index >= 15 is 0 Å². The number of nitrogens with zero attached hydrogens (tertiary/aromatic N) is 8. The van der Waals surface area contributed by atoms with Crippen molar-refractivity contribution in [2.45, 2.75) is 33.9 Å². The molecule has 0 aliphatic carbocycles. The molecule has 1 aliphatic heterocycles. The predicted molar refractivity (Wildman–Crippen MR) is 114 cm³/mol. The van der Waals surface area contributed by atoms with Crippen LogP contribution < -0.4 is 5.56 Å². The molecule has 3 aromatic rings. The minimum atomic E-state index is -0.0862. The third kappa shape index (κ3) is 4.80. The van der Waals surface area contributed by atoms with Gasteiger partial charge in [0.2, 0.25) is 0 Å². The van der Waals surface area contributed by atoms with E-state index in [0.29, 0.717) is 12.4 Å². The molecular weight excluding hydrogens is 380 g/mol. The monoisotopic (exact) mass is 408 g/mol. The topological polar surface area (TPSA) is 85.0 Å². The molecular formula is C21H28N8O. The van der Waals surface area contributed by atoms with Gasteiger partial charge in [-0.25, -0.2) is 9.36 Å². The minimum Gasteiger partial charge on any atom is -0.299 e. The van der Waals surface area contributed by atoms with Crippen LogP contribution in [0.1, 0.15) is 22.8 Å². The Morgan fingerprint density at radius 2 is 1.67 bits per heavy atom. The van der Waals surface area contributed by atoms with Gasteiger partial charge in [-0.15, -0.1) is 5.10 Å². The Kier molecular flexibility index (Phi) is 6.01. The van der Waals surface area contributed by atoms with Crippen LogP contribution in [-0.4, -0.2) is 72.1 Å². The van der Waals surface area contributed by atoms with E-state index in [0.717, 1.165) is 62.0 Å². The molecule has 3 aromatic heterocycles. The summed E-state index contributed by atoms with van der Waals surface area (Å²) in [5, 5.41) is 9.00. The third-order valence-electron chi connectivity index (χ3n) is 5.36. The maximum absolute atomic E-state index is 12.3. The highest BCUT2D eigenvalue weighted by molar-refractivity contribution is 5.23. The van der Waals surface area contributed by atoms with E-state index in [1.165, 1.54) is 0 Å². The van der Waals surface area contributed by atoms with E-state index in [1.807, 2.05) is 33.0 Å². The Bertz CT molecular complexity index is 1060. The molecule has 0 bridgehead atoms. The zero-order valence-electron chi connectivity index (χ0n) is 17.8. The number of rotatable bonds is 6. The van der Waals surface area contributed by atoms with Crippen molar-refractivity contribution in [2.24, 2.45) is 0 Å². The fourth-order valence-corrected chi connectivity index (χ4v) is 3.80. The molecule has 4 heterocycles. The lowest BCUT2D eigenvalue weighted by Crippen LogP contribution is -2.47. The van der Waals surface area contributed by atoms with Crippen molar-refractivity contribution in [1.29, 1.82) is 0 Å². The fraction of sp³-hybridized carbons (Fsp3) is 0.476. The van der Waals surface area contributed by atoms with Gasteiger partial charge >= 0.3 is 0 Å². The third-order valence-corrected chi connectivity index (χ3v) is 5.36. The second-order valence-electron chi connectivity index (χ2n) is 7.86. The molecule has 0 atom stereocenters. The van der Waals surface area contributed by atoms with Crippen LogP contribution in [0.25, 0.3) is 5.82 Å². The normalized spacial score (nSPS) is 15.6. The highest BCUT2D eigenvalue weighted by Crippen LogP contribution is 2.09. The molecule has 0 aromatic carbocycles. The van der Waals surface area contributed by atoms with Crippen LogP contribution >= 0.6 is 0 Å². The van der Waals surface area contributed by atoms with Gasteiger partial charge in [0.1, 0.15) is 0 Å². The second-order valence-corrected chi connectivity index (χ2v) is 7.86. The molecule has 0 radical (unpaired) electrons. The maximum atomic E-state index is 12.3. The molecule has 4 rings (SSSR count). The van der Waals surface area contributed by atoms with Gasteiger partial charge in [0, 0.05) is 63.4 Å². The molecule has 0 saturated carbocycles. The zero-order valence-corrected chi connectivity index (χ0v) is 17.8. The number of hydrogen-bond donors (Lipinski definition) is 0. The van der Waals surface area contributed by atoms with Gasteiger partial charge in [-0.1, -0.05) is 0 Å². The highest BCUT2D eigenvalue weighted by Gasteiger charge is 2.18. The van der Waals surface area contributed by atoms with E-state index < -0.39 is 0 Å². The lowest BCUT2D eigenvalue weighted by atomic mass is 10.3. The Morgan fingerprint density at radius 1 is 0.900 bits per heavy atom. The maximum Gasteiger partial charge on any atom is 0.266 e. The van der Waals surface area contributed by atoms with Gasteiger partial charge in [-0.05, 0) is 32.9 Å². The summed E-state index contributed by atoms with van der Waals surface area (Å²) in [7, 11) is 0. The first-order valence-electron chi connectivity index (χ1n) is 10.3. The number of hydrogen-bond acceptors (Lipinski definition) is 7. The van der Waals surface area contributed by atoms with E-state index in [2.05, 4.69) is 30.0 Å². The van der Waals surface area contributed by atoms with Crippen LogP contribution in [-0.2, 0) is 13.1 Å². The lowest BCUT2D eigenvalue weighted by molar-refractivity contribution is 0.121. The van der Waals surface area contributed by atoms with Crippen molar-refractivity contribution in [3.8, 4) is 5.82 Å². The molecule has 0 N–H and O–H groups in total. The van der Waals surface area contributed by atoms with Crippen molar-refractivity contribution in [3.05, 3.63) is 63.7 Å². The molecule has 0 unspecified atom stereocenters. The molecule has 9 heteroatoms. The number of piperazine rings is 1. The summed E-state index contributed by atoms with van der Waals surface area (Å²) in [5.74, 6) is 0.671. The van der Waals surface area contributed by atoms with Crippen LogP contribution in [0.5, 0.6) is 0 Å². The molecule has 1 aliphatic rings. The Morgan fingerprint density at radius 3 is 2.37 bits per heavy atom. The van der Waals surface area contributed by atoms with Crippen molar-refractivity contribution in [2.75, 3.05) is 32.7 Å². The van der Waals surface area contributed by atoms with Gasteiger partial charge in [0.15, 0.2) is 5.82 Å². The minimum absolute atomic E-state index is 0.0862. The van der Waals surface area contributed by atoms with Crippen LogP contribution in [0.4, 0.5) is 0 Å². The van der Waals surface area contributed by atoms with E-state index in [4.69, 9.17) is 0 Å². The van der Waals surface area contributed by atoms with E-state index in [1.54, 1.807) is 27.7 Å².